The molecule has 2 aliphatic heterocycles. The molecule has 0 radical (unpaired) electrons. The summed E-state index contributed by atoms with van der Waals surface area (Å²) in [6, 6.07) is 2.18. The number of nitrogens with one attached hydrogen (secondary N) is 1. The van der Waals surface area contributed by atoms with E-state index in [1.54, 1.807) is 17.0 Å². The lowest BCUT2D eigenvalue weighted by Gasteiger charge is -2.23. The van der Waals surface area contributed by atoms with E-state index in [1.165, 1.54) is 13.0 Å². The van der Waals surface area contributed by atoms with Crippen LogP contribution in [0.25, 0.3) is 0 Å². The Balaban J connectivity index is 1.65. The highest BCUT2D eigenvalue weighted by molar-refractivity contribution is 9.10. The van der Waals surface area contributed by atoms with Crippen LogP contribution in [-0.4, -0.2) is 41.2 Å². The van der Waals surface area contributed by atoms with Crippen LogP contribution < -0.4 is 5.32 Å². The van der Waals surface area contributed by atoms with Crippen molar-refractivity contribution in [1.29, 1.82) is 0 Å². The highest BCUT2D eigenvalue weighted by Crippen LogP contribution is 2.27. The van der Waals surface area contributed by atoms with Crippen LogP contribution in [-0.2, 0) is 0 Å². The van der Waals surface area contributed by atoms with Crippen molar-refractivity contribution in [3.8, 4) is 0 Å². The summed E-state index contributed by atoms with van der Waals surface area (Å²) in [5.74, 6) is 0.656. The van der Waals surface area contributed by atoms with Crippen molar-refractivity contribution in [2.75, 3.05) is 19.6 Å². The van der Waals surface area contributed by atoms with Gasteiger partial charge in [0.05, 0.1) is 0 Å². The normalized spacial score (nSPS) is 31.9. The second-order valence-electron chi connectivity index (χ2n) is 4.60. The number of amides is 1. The number of hydrogen-bond acceptors (Lipinski definition) is 2. The van der Waals surface area contributed by atoms with E-state index in [0.717, 1.165) is 17.6 Å². The predicted octanol–water partition coefficient (Wildman–Crippen LogP) is 1.51. The first kappa shape index (κ1) is 10.4. The third kappa shape index (κ3) is 1.78. The van der Waals surface area contributed by atoms with Crippen LogP contribution in [0.15, 0.2) is 22.9 Å². The summed E-state index contributed by atoms with van der Waals surface area (Å²) in [5.41, 5.74) is 0. The summed E-state index contributed by atoms with van der Waals surface area (Å²) in [4.78, 5) is 14.3. The van der Waals surface area contributed by atoms with Crippen LogP contribution in [0.1, 0.15) is 6.42 Å². The van der Waals surface area contributed by atoms with E-state index in [9.17, 15) is 4.79 Å². The Morgan fingerprint density at radius 2 is 2.38 bits per heavy atom. The van der Waals surface area contributed by atoms with Crippen molar-refractivity contribution in [3.63, 3.8) is 0 Å². The molecule has 1 aromatic heterocycles. The number of rotatable bonds is 1. The van der Waals surface area contributed by atoms with E-state index in [0.29, 0.717) is 12.0 Å². The molecule has 0 aromatic carbocycles. The molecule has 3 heterocycles. The number of hydrogen-bond donors (Lipinski definition) is 1. The minimum absolute atomic E-state index is 0.0237. The van der Waals surface area contributed by atoms with Gasteiger partial charge in [-0.05, 0) is 40.9 Å². The lowest BCUT2D eigenvalue weighted by atomic mass is 10.0. The molecule has 2 saturated heterocycles. The van der Waals surface area contributed by atoms with Gasteiger partial charge in [0.25, 0.3) is 0 Å². The highest BCUT2D eigenvalue weighted by Gasteiger charge is 2.38. The van der Waals surface area contributed by atoms with Crippen LogP contribution in [0.5, 0.6) is 0 Å². The summed E-state index contributed by atoms with van der Waals surface area (Å²) < 4.78 is 2.52. The summed E-state index contributed by atoms with van der Waals surface area (Å²) in [6.45, 7) is 3.37. The summed E-state index contributed by atoms with van der Waals surface area (Å²) in [6.07, 6.45) is 4.77. The van der Waals surface area contributed by atoms with Crippen LogP contribution >= 0.6 is 15.9 Å². The van der Waals surface area contributed by atoms with Crippen LogP contribution in [0.2, 0.25) is 0 Å². The Labute approximate surface area is 103 Å². The van der Waals surface area contributed by atoms with E-state index in [2.05, 4.69) is 26.1 Å². The Kier molecular flexibility index (Phi) is 2.52. The SMILES string of the molecule is O=C(NC1CN2CC[C@H]1C2)n1ccc(Br)c1. The quantitative estimate of drug-likeness (QED) is 0.849. The molecule has 0 aliphatic carbocycles. The Morgan fingerprint density at radius 1 is 1.50 bits per heavy atom. The maximum atomic E-state index is 11.9. The van der Waals surface area contributed by atoms with E-state index in [4.69, 9.17) is 0 Å². The van der Waals surface area contributed by atoms with E-state index < -0.39 is 0 Å². The zero-order valence-corrected chi connectivity index (χ0v) is 10.5. The summed E-state index contributed by atoms with van der Waals surface area (Å²) in [5, 5.41) is 3.10. The van der Waals surface area contributed by atoms with Crippen molar-refractivity contribution < 1.29 is 4.79 Å². The second kappa shape index (κ2) is 3.89. The maximum absolute atomic E-state index is 11.9. The molecular formula is C11H14BrN3O. The average molecular weight is 284 g/mol. The van der Waals surface area contributed by atoms with Gasteiger partial charge in [-0.1, -0.05) is 0 Å². The summed E-state index contributed by atoms with van der Waals surface area (Å²) in [7, 11) is 0. The maximum Gasteiger partial charge on any atom is 0.325 e. The largest absolute Gasteiger partial charge is 0.333 e. The number of halogens is 1. The minimum atomic E-state index is -0.0237. The Bertz CT molecular complexity index is 417. The molecule has 1 aromatic rings. The number of fused-ring (bicyclic) bond motifs is 2. The molecule has 86 valence electrons. The predicted molar refractivity (Wildman–Crippen MR) is 64.4 cm³/mol. The zero-order valence-electron chi connectivity index (χ0n) is 8.90. The van der Waals surface area contributed by atoms with E-state index in [1.807, 2.05) is 6.07 Å². The monoisotopic (exact) mass is 283 g/mol. The summed E-state index contributed by atoms with van der Waals surface area (Å²) >= 11 is 3.34. The molecule has 3 atom stereocenters. The van der Waals surface area contributed by atoms with Crippen molar-refractivity contribution in [2.24, 2.45) is 5.92 Å². The van der Waals surface area contributed by atoms with Gasteiger partial charge in [0.2, 0.25) is 0 Å². The van der Waals surface area contributed by atoms with E-state index >= 15 is 0 Å². The number of nitrogens with zero attached hydrogens (tertiary/aromatic N) is 2. The van der Waals surface area contributed by atoms with Crippen molar-refractivity contribution in [1.82, 2.24) is 14.8 Å². The molecule has 0 spiro atoms. The Hall–Kier alpha value is -0.810. The fourth-order valence-electron chi connectivity index (χ4n) is 2.68. The third-order valence-corrected chi connectivity index (χ3v) is 4.00. The smallest absolute Gasteiger partial charge is 0.325 e. The van der Waals surface area contributed by atoms with Crippen LogP contribution in [0.4, 0.5) is 4.79 Å². The first-order valence-electron chi connectivity index (χ1n) is 5.59. The average Bonchev–Trinajstić information content (AvgIpc) is 2.92. The lowest BCUT2D eigenvalue weighted by molar-refractivity contribution is 0.231. The van der Waals surface area contributed by atoms with Gasteiger partial charge in [0, 0.05) is 36.0 Å². The molecule has 4 nitrogen and oxygen atoms in total. The van der Waals surface area contributed by atoms with Crippen molar-refractivity contribution in [3.05, 3.63) is 22.9 Å². The van der Waals surface area contributed by atoms with Gasteiger partial charge in [-0.15, -0.1) is 0 Å². The molecule has 0 saturated carbocycles. The van der Waals surface area contributed by atoms with Crippen LogP contribution in [0, 0.1) is 5.92 Å². The van der Waals surface area contributed by atoms with Gasteiger partial charge in [0.15, 0.2) is 0 Å². The fourth-order valence-corrected chi connectivity index (χ4v) is 3.02. The highest BCUT2D eigenvalue weighted by atomic mass is 79.9. The van der Waals surface area contributed by atoms with Gasteiger partial charge in [-0.2, -0.15) is 0 Å². The molecule has 1 amide bonds. The van der Waals surface area contributed by atoms with Crippen molar-refractivity contribution in [2.45, 2.75) is 12.5 Å². The van der Waals surface area contributed by atoms with Crippen LogP contribution in [0.3, 0.4) is 0 Å². The first-order chi connectivity index (χ1) is 7.72. The molecule has 3 rings (SSSR count). The molecule has 5 heteroatoms. The minimum Gasteiger partial charge on any atom is -0.333 e. The first-order valence-corrected chi connectivity index (χ1v) is 6.38. The van der Waals surface area contributed by atoms with Gasteiger partial charge in [-0.3, -0.25) is 4.57 Å². The Morgan fingerprint density at radius 3 is 2.94 bits per heavy atom. The number of piperidine rings is 1. The number of aromatic nitrogens is 1. The fraction of sp³-hybridized carbons (Fsp3) is 0.545. The van der Waals surface area contributed by atoms with Gasteiger partial charge >= 0.3 is 6.03 Å². The molecule has 16 heavy (non-hydrogen) atoms. The standard InChI is InChI=1S/C11H14BrN3O/c12-9-2-4-15(6-9)11(16)13-10-7-14-3-1-8(10)5-14/h2,4,6,8,10H,1,3,5,7H2,(H,13,16)/t8-,10?/m0/s1. The molecule has 1 N–H and O–H groups in total. The third-order valence-electron chi connectivity index (χ3n) is 3.53. The molecule has 2 unspecified atom stereocenters. The second-order valence-corrected chi connectivity index (χ2v) is 5.52. The van der Waals surface area contributed by atoms with Gasteiger partial charge in [0.1, 0.15) is 0 Å². The topological polar surface area (TPSA) is 37.3 Å². The molecule has 2 aliphatic rings. The van der Waals surface area contributed by atoms with Gasteiger partial charge in [-0.25, -0.2) is 4.79 Å². The number of carbonyl (C=O) groups excluding carboxylic acids is 1. The van der Waals surface area contributed by atoms with Crippen molar-refractivity contribution >= 4 is 22.0 Å². The molecule has 2 bridgehead atoms. The lowest BCUT2D eigenvalue weighted by Crippen LogP contribution is -2.44. The zero-order chi connectivity index (χ0) is 11.1. The van der Waals surface area contributed by atoms with E-state index in [-0.39, 0.29) is 6.03 Å². The molecule has 2 fully saturated rings. The van der Waals surface area contributed by atoms with Gasteiger partial charge < -0.3 is 10.2 Å². The number of carbonyl (C=O) groups is 1. The molecular weight excluding hydrogens is 270 g/mol.